The van der Waals surface area contributed by atoms with Crippen LogP contribution in [0, 0.1) is 5.92 Å². The van der Waals surface area contributed by atoms with Crippen LogP contribution >= 0.6 is 0 Å². The molecule has 3 fully saturated rings. The molecule has 1 aromatic rings. The summed E-state index contributed by atoms with van der Waals surface area (Å²) in [6, 6.07) is -0.136. The van der Waals surface area contributed by atoms with E-state index in [0.29, 0.717) is 24.5 Å². The number of aromatic nitrogens is 1. The van der Waals surface area contributed by atoms with Gasteiger partial charge in [0.2, 0.25) is 11.8 Å². The van der Waals surface area contributed by atoms with Crippen molar-refractivity contribution in [2.75, 3.05) is 33.7 Å². The fourth-order valence-electron chi connectivity index (χ4n) is 3.68. The van der Waals surface area contributed by atoms with Gasteiger partial charge < -0.3 is 19.1 Å². The number of hydrogen-bond donors (Lipinski definition) is 0. The number of hydrogen-bond acceptors (Lipinski definition) is 5. The van der Waals surface area contributed by atoms with Gasteiger partial charge in [0.05, 0.1) is 5.92 Å². The van der Waals surface area contributed by atoms with Gasteiger partial charge in [-0.05, 0) is 12.8 Å². The second-order valence-electron chi connectivity index (χ2n) is 7.61. The standard InChI is InChI=1S/C18H26N4O4/c1-11(2)16-15(19-10-26-16)18(25)21-7-12-5-6-13(8-21)22(17(12)24)9-14(23)20(3)4/h10-13H,5-9H2,1-4H3. The zero-order valence-corrected chi connectivity index (χ0v) is 15.8. The lowest BCUT2D eigenvalue weighted by Gasteiger charge is -2.35. The molecule has 0 aromatic carbocycles. The molecule has 0 spiro atoms. The van der Waals surface area contributed by atoms with Crippen LogP contribution in [0.1, 0.15) is 48.9 Å². The molecular formula is C18H26N4O4. The quantitative estimate of drug-likeness (QED) is 0.796. The zero-order chi connectivity index (χ0) is 19.0. The lowest BCUT2D eigenvalue weighted by atomic mass is 9.94. The molecule has 2 bridgehead atoms. The van der Waals surface area contributed by atoms with Crippen LogP contribution in [-0.2, 0) is 9.59 Å². The van der Waals surface area contributed by atoms with Crippen LogP contribution in [0.15, 0.2) is 10.8 Å². The molecule has 8 heteroatoms. The molecular weight excluding hydrogens is 336 g/mol. The summed E-state index contributed by atoms with van der Waals surface area (Å²) in [4.78, 5) is 46.8. The van der Waals surface area contributed by atoms with Crippen molar-refractivity contribution in [2.45, 2.75) is 38.6 Å². The van der Waals surface area contributed by atoms with E-state index < -0.39 is 0 Å². The third kappa shape index (κ3) is 3.32. The highest BCUT2D eigenvalue weighted by molar-refractivity contribution is 5.94. The molecule has 2 unspecified atom stereocenters. The highest BCUT2D eigenvalue weighted by Gasteiger charge is 2.43. The predicted octanol–water partition coefficient (Wildman–Crippen LogP) is 0.949. The van der Waals surface area contributed by atoms with E-state index >= 15 is 0 Å². The lowest BCUT2D eigenvalue weighted by Crippen LogP contribution is -2.51. The van der Waals surface area contributed by atoms with E-state index in [1.54, 1.807) is 23.9 Å². The predicted molar refractivity (Wildman–Crippen MR) is 93.4 cm³/mol. The van der Waals surface area contributed by atoms with Gasteiger partial charge in [0.1, 0.15) is 12.3 Å². The first-order valence-corrected chi connectivity index (χ1v) is 9.02. The molecule has 4 heterocycles. The van der Waals surface area contributed by atoms with Crippen molar-refractivity contribution in [3.05, 3.63) is 17.8 Å². The minimum atomic E-state index is -0.262. The second kappa shape index (κ2) is 7.09. The van der Waals surface area contributed by atoms with E-state index in [-0.39, 0.29) is 42.1 Å². The van der Waals surface area contributed by atoms with E-state index in [9.17, 15) is 14.4 Å². The Morgan fingerprint density at radius 1 is 1.31 bits per heavy atom. The van der Waals surface area contributed by atoms with Crippen LogP contribution in [0.25, 0.3) is 0 Å². The smallest absolute Gasteiger partial charge is 0.276 e. The van der Waals surface area contributed by atoms with E-state index in [1.165, 1.54) is 11.3 Å². The number of nitrogens with zero attached hydrogens (tertiary/aromatic N) is 4. The normalized spacial score (nSPS) is 22.7. The first-order valence-electron chi connectivity index (χ1n) is 9.02. The van der Waals surface area contributed by atoms with Crippen molar-refractivity contribution >= 4 is 17.7 Å². The highest BCUT2D eigenvalue weighted by Crippen LogP contribution is 2.30. The molecule has 0 aliphatic carbocycles. The zero-order valence-electron chi connectivity index (χ0n) is 15.8. The summed E-state index contributed by atoms with van der Waals surface area (Å²) in [5.41, 5.74) is 0.324. The summed E-state index contributed by atoms with van der Waals surface area (Å²) in [6.07, 6.45) is 2.84. The summed E-state index contributed by atoms with van der Waals surface area (Å²) in [5, 5.41) is 0. The van der Waals surface area contributed by atoms with Crippen LogP contribution in [0.2, 0.25) is 0 Å². The van der Waals surface area contributed by atoms with Crippen LogP contribution in [-0.4, -0.2) is 77.2 Å². The van der Waals surface area contributed by atoms with Gasteiger partial charge in [-0.1, -0.05) is 13.8 Å². The van der Waals surface area contributed by atoms with Crippen LogP contribution < -0.4 is 0 Å². The number of carbonyl (C=O) groups excluding carboxylic acids is 3. The molecule has 3 amide bonds. The largest absolute Gasteiger partial charge is 0.447 e. The summed E-state index contributed by atoms with van der Waals surface area (Å²) in [6.45, 7) is 4.75. The van der Waals surface area contributed by atoms with Crippen molar-refractivity contribution in [3.8, 4) is 0 Å². The molecule has 1 aromatic heterocycles. The molecule has 0 saturated carbocycles. The van der Waals surface area contributed by atoms with E-state index in [1.807, 2.05) is 13.8 Å². The number of fused-ring (bicyclic) bond motifs is 4. The van der Waals surface area contributed by atoms with Gasteiger partial charge in [-0.2, -0.15) is 0 Å². The van der Waals surface area contributed by atoms with E-state index in [4.69, 9.17) is 4.42 Å². The van der Waals surface area contributed by atoms with Gasteiger partial charge in [0.15, 0.2) is 12.1 Å². The molecule has 26 heavy (non-hydrogen) atoms. The maximum atomic E-state index is 13.0. The van der Waals surface area contributed by atoms with Crippen LogP contribution in [0.4, 0.5) is 0 Å². The number of carbonyl (C=O) groups is 3. The molecule has 2 atom stereocenters. The third-order valence-electron chi connectivity index (χ3n) is 5.21. The number of oxazole rings is 1. The van der Waals surface area contributed by atoms with Gasteiger partial charge in [-0.25, -0.2) is 4.98 Å². The Kier molecular flexibility index (Phi) is 5.02. The lowest BCUT2D eigenvalue weighted by molar-refractivity contribution is -0.145. The Morgan fingerprint density at radius 2 is 2.04 bits per heavy atom. The first kappa shape index (κ1) is 18.4. The minimum Gasteiger partial charge on any atom is -0.447 e. The van der Waals surface area contributed by atoms with Gasteiger partial charge in [0, 0.05) is 39.1 Å². The van der Waals surface area contributed by atoms with Gasteiger partial charge in [-0.15, -0.1) is 0 Å². The van der Waals surface area contributed by atoms with Crippen LogP contribution in [0.5, 0.6) is 0 Å². The number of likely N-dealkylation sites (N-methyl/N-ethyl adjacent to an activating group) is 1. The highest BCUT2D eigenvalue weighted by atomic mass is 16.3. The summed E-state index contributed by atoms with van der Waals surface area (Å²) in [7, 11) is 3.35. The molecule has 8 nitrogen and oxygen atoms in total. The van der Waals surface area contributed by atoms with Gasteiger partial charge >= 0.3 is 0 Å². The van der Waals surface area contributed by atoms with Crippen molar-refractivity contribution in [1.82, 2.24) is 19.7 Å². The topological polar surface area (TPSA) is 87.0 Å². The number of rotatable bonds is 4. The van der Waals surface area contributed by atoms with Crippen molar-refractivity contribution < 1.29 is 18.8 Å². The molecule has 3 saturated heterocycles. The maximum Gasteiger partial charge on any atom is 0.276 e. The Labute approximate surface area is 153 Å². The average Bonchev–Trinajstić information content (AvgIpc) is 2.93. The second-order valence-corrected chi connectivity index (χ2v) is 7.61. The SMILES string of the molecule is CC(C)c1ocnc1C(=O)N1CC2CCC(C1)N(CC(=O)N(C)C)C2=O. The summed E-state index contributed by atoms with van der Waals surface area (Å²) < 4.78 is 5.37. The molecule has 0 radical (unpaired) electrons. The molecule has 3 aliphatic rings. The monoisotopic (exact) mass is 362 g/mol. The average molecular weight is 362 g/mol. The summed E-state index contributed by atoms with van der Waals surface area (Å²) >= 11 is 0. The molecule has 142 valence electrons. The number of piperidine rings is 1. The Balaban J connectivity index is 1.81. The van der Waals surface area contributed by atoms with Crippen molar-refractivity contribution in [2.24, 2.45) is 5.92 Å². The molecule has 3 aliphatic heterocycles. The first-order chi connectivity index (χ1) is 12.3. The van der Waals surface area contributed by atoms with E-state index in [2.05, 4.69) is 4.98 Å². The Morgan fingerprint density at radius 3 is 2.69 bits per heavy atom. The fraction of sp³-hybridized carbons (Fsp3) is 0.667. The van der Waals surface area contributed by atoms with Crippen LogP contribution in [0.3, 0.4) is 0 Å². The van der Waals surface area contributed by atoms with Crippen molar-refractivity contribution in [3.63, 3.8) is 0 Å². The summed E-state index contributed by atoms with van der Waals surface area (Å²) in [5.74, 6) is 0.0157. The third-order valence-corrected chi connectivity index (χ3v) is 5.21. The Bertz CT molecular complexity index is 712. The maximum absolute atomic E-state index is 13.0. The van der Waals surface area contributed by atoms with E-state index in [0.717, 1.165) is 12.8 Å². The molecule has 4 rings (SSSR count). The minimum absolute atomic E-state index is 0.0315. The molecule has 0 N–H and O–H groups in total. The number of amides is 3. The van der Waals surface area contributed by atoms with Gasteiger partial charge in [-0.3, -0.25) is 14.4 Å². The fourth-order valence-corrected chi connectivity index (χ4v) is 3.68. The van der Waals surface area contributed by atoms with Crippen molar-refractivity contribution in [1.29, 1.82) is 0 Å². The Hall–Kier alpha value is -2.38. The van der Waals surface area contributed by atoms with Gasteiger partial charge in [0.25, 0.3) is 5.91 Å².